The highest BCUT2D eigenvalue weighted by molar-refractivity contribution is 7.48. The van der Waals surface area contributed by atoms with Crippen LogP contribution in [0.5, 0.6) is 0 Å². The molecule has 1 amide bonds. The number of nitrogens with one attached hydrogen (secondary N) is 1. The van der Waals surface area contributed by atoms with Gasteiger partial charge in [-0.15, -0.1) is 0 Å². The molecule has 1 fully saturated rings. The van der Waals surface area contributed by atoms with E-state index in [1.807, 2.05) is 0 Å². The third-order valence-electron chi connectivity index (χ3n) is 3.56. The fourth-order valence-electron chi connectivity index (χ4n) is 2.08. The molecular formula is C14H22N3O7P. The number of imidazole rings is 1. The average molecular weight is 375 g/mol. The van der Waals surface area contributed by atoms with Crippen LogP contribution in [0.4, 0.5) is 0 Å². The minimum Gasteiger partial charge on any atom is -0.469 e. The van der Waals surface area contributed by atoms with E-state index in [-0.39, 0.29) is 26.3 Å². The molecule has 0 aliphatic carbocycles. The Morgan fingerprint density at radius 2 is 2.24 bits per heavy atom. The van der Waals surface area contributed by atoms with Crippen LogP contribution in [0.1, 0.15) is 20.3 Å². The molecule has 2 heterocycles. The second-order valence-corrected chi connectivity index (χ2v) is 7.77. The average Bonchev–Trinajstić information content (AvgIpc) is 3.09. The van der Waals surface area contributed by atoms with Gasteiger partial charge in [0.05, 0.1) is 26.5 Å². The van der Waals surface area contributed by atoms with Gasteiger partial charge in [0.1, 0.15) is 6.73 Å². The lowest BCUT2D eigenvalue weighted by Gasteiger charge is -2.39. The molecule has 1 aromatic rings. The number of hydrogen-bond donors (Lipinski definition) is 1. The molecule has 1 aliphatic heterocycles. The minimum atomic E-state index is -3.90. The molecule has 0 spiro atoms. The summed E-state index contributed by atoms with van der Waals surface area (Å²) in [5.41, 5.74) is -0.721. The lowest BCUT2D eigenvalue weighted by Crippen LogP contribution is -2.50. The number of amides is 1. The Bertz CT molecular complexity index is 647. The van der Waals surface area contributed by atoms with Gasteiger partial charge in [0.15, 0.2) is 6.10 Å². The van der Waals surface area contributed by atoms with Crippen LogP contribution in [0.25, 0.3) is 0 Å². The Kier molecular flexibility index (Phi) is 6.34. The number of nitrogens with zero attached hydrogens (tertiary/aromatic N) is 2. The van der Waals surface area contributed by atoms with E-state index in [0.717, 1.165) is 0 Å². The first kappa shape index (κ1) is 19.6. The largest absolute Gasteiger partial charge is 0.477 e. The van der Waals surface area contributed by atoms with Crippen molar-refractivity contribution >= 4 is 19.7 Å². The van der Waals surface area contributed by atoms with Crippen molar-refractivity contribution in [3.63, 3.8) is 0 Å². The molecule has 2 rings (SSSR count). The highest BCUT2D eigenvalue weighted by atomic mass is 31.2. The number of rotatable bonds is 7. The fourth-order valence-corrected chi connectivity index (χ4v) is 3.68. The maximum Gasteiger partial charge on any atom is 0.477 e. The molecule has 0 unspecified atom stereocenters. The fraction of sp³-hybridized carbons (Fsp3) is 0.643. The first-order chi connectivity index (χ1) is 11.8. The van der Waals surface area contributed by atoms with Crippen molar-refractivity contribution in [3.8, 4) is 0 Å². The van der Waals surface area contributed by atoms with Crippen LogP contribution in [-0.2, 0) is 39.2 Å². The first-order valence-electron chi connectivity index (χ1n) is 7.63. The van der Waals surface area contributed by atoms with Gasteiger partial charge in [-0.05, 0) is 0 Å². The van der Waals surface area contributed by atoms with E-state index in [4.69, 9.17) is 13.6 Å². The summed E-state index contributed by atoms with van der Waals surface area (Å²) in [6.07, 6.45) is 3.63. The number of ether oxygens (including phenoxy) is 1. The van der Waals surface area contributed by atoms with Gasteiger partial charge >= 0.3 is 13.8 Å². The Hall–Kier alpha value is -1.74. The van der Waals surface area contributed by atoms with Crippen LogP contribution in [0.2, 0.25) is 0 Å². The van der Waals surface area contributed by atoms with Gasteiger partial charge < -0.3 is 14.6 Å². The maximum absolute atomic E-state index is 12.6. The normalized spacial score (nSPS) is 25.3. The minimum absolute atomic E-state index is 0.0172. The van der Waals surface area contributed by atoms with Crippen molar-refractivity contribution < 1.29 is 32.5 Å². The SMILES string of the molecule is COC(=O)CCNC(=O)[C@@H]1O[P@@](=O)(OCn2ccnc2)OCC1(C)C. The molecule has 140 valence electrons. The number of carbonyl (C=O) groups is 2. The Balaban J connectivity index is 1.95. The van der Waals surface area contributed by atoms with E-state index in [2.05, 4.69) is 15.0 Å². The van der Waals surface area contributed by atoms with Crippen LogP contribution in [0, 0.1) is 5.41 Å². The zero-order valence-corrected chi connectivity index (χ0v) is 15.2. The van der Waals surface area contributed by atoms with Crippen molar-refractivity contribution in [1.82, 2.24) is 14.9 Å². The summed E-state index contributed by atoms with van der Waals surface area (Å²) < 4.78 is 34.5. The van der Waals surface area contributed by atoms with Crippen molar-refractivity contribution in [1.29, 1.82) is 0 Å². The Morgan fingerprint density at radius 3 is 2.88 bits per heavy atom. The molecule has 1 aromatic heterocycles. The van der Waals surface area contributed by atoms with E-state index >= 15 is 0 Å². The van der Waals surface area contributed by atoms with Crippen molar-refractivity contribution in [2.24, 2.45) is 5.41 Å². The third kappa shape index (κ3) is 5.37. The van der Waals surface area contributed by atoms with Gasteiger partial charge in [0, 0.05) is 24.4 Å². The lowest BCUT2D eigenvalue weighted by atomic mass is 9.87. The standard InChI is InChI=1S/C14H22N3O7P/c1-14(2)8-22-25(20,23-10-17-7-6-15-9-17)24-12(14)13(19)16-5-4-11(18)21-3/h6-7,9,12H,4-5,8,10H2,1-3H3,(H,16,19)/t12-,25+/m0/s1. The number of esters is 1. The predicted molar refractivity (Wildman–Crippen MR) is 85.2 cm³/mol. The van der Waals surface area contributed by atoms with Crippen LogP contribution in [0.15, 0.2) is 18.7 Å². The molecule has 11 heteroatoms. The molecule has 0 bridgehead atoms. The molecular weight excluding hydrogens is 353 g/mol. The summed E-state index contributed by atoms with van der Waals surface area (Å²) >= 11 is 0. The number of carbonyl (C=O) groups excluding carboxylic acids is 2. The van der Waals surface area contributed by atoms with Gasteiger partial charge in [-0.1, -0.05) is 13.8 Å². The summed E-state index contributed by atoms with van der Waals surface area (Å²) in [5, 5.41) is 2.57. The number of aromatic nitrogens is 2. The number of methoxy groups -OCH3 is 1. The molecule has 1 aliphatic rings. The van der Waals surface area contributed by atoms with E-state index in [0.29, 0.717) is 0 Å². The summed E-state index contributed by atoms with van der Waals surface area (Å²) in [6.45, 7) is 3.51. The van der Waals surface area contributed by atoms with E-state index in [9.17, 15) is 14.2 Å². The van der Waals surface area contributed by atoms with Crippen molar-refractivity contribution in [2.45, 2.75) is 33.1 Å². The Labute approximate surface area is 145 Å². The monoisotopic (exact) mass is 375 g/mol. The van der Waals surface area contributed by atoms with Crippen LogP contribution < -0.4 is 5.32 Å². The van der Waals surface area contributed by atoms with Crippen LogP contribution in [0.3, 0.4) is 0 Å². The quantitative estimate of drug-likeness (QED) is 0.556. The summed E-state index contributed by atoms with van der Waals surface area (Å²) in [5.74, 6) is -0.939. The van der Waals surface area contributed by atoms with E-state index in [1.165, 1.54) is 18.0 Å². The molecule has 0 saturated carbocycles. The van der Waals surface area contributed by atoms with E-state index < -0.39 is 31.2 Å². The number of phosphoric ester groups is 1. The van der Waals surface area contributed by atoms with Gasteiger partial charge in [-0.2, -0.15) is 0 Å². The smallest absolute Gasteiger partial charge is 0.469 e. The topological polar surface area (TPSA) is 118 Å². The zero-order valence-electron chi connectivity index (χ0n) is 14.3. The van der Waals surface area contributed by atoms with Crippen LogP contribution >= 0.6 is 7.82 Å². The first-order valence-corrected chi connectivity index (χ1v) is 9.09. The van der Waals surface area contributed by atoms with Crippen molar-refractivity contribution in [2.75, 3.05) is 20.3 Å². The van der Waals surface area contributed by atoms with Crippen LogP contribution in [-0.4, -0.2) is 47.8 Å². The van der Waals surface area contributed by atoms with Gasteiger partial charge in [-0.25, -0.2) is 9.55 Å². The molecule has 0 radical (unpaired) electrons. The second-order valence-electron chi connectivity index (χ2n) is 6.15. The number of phosphoric acid groups is 1. The van der Waals surface area contributed by atoms with E-state index in [1.54, 1.807) is 26.2 Å². The van der Waals surface area contributed by atoms with Gasteiger partial charge in [0.25, 0.3) is 0 Å². The van der Waals surface area contributed by atoms with Gasteiger partial charge in [-0.3, -0.25) is 23.2 Å². The maximum atomic E-state index is 12.6. The summed E-state index contributed by atoms with van der Waals surface area (Å²) in [6, 6.07) is 0. The predicted octanol–water partition coefficient (Wildman–Crippen LogP) is 1.09. The Morgan fingerprint density at radius 1 is 1.48 bits per heavy atom. The molecule has 1 saturated heterocycles. The van der Waals surface area contributed by atoms with Crippen molar-refractivity contribution in [3.05, 3.63) is 18.7 Å². The zero-order chi connectivity index (χ0) is 18.5. The molecule has 10 nitrogen and oxygen atoms in total. The lowest BCUT2D eigenvalue weighted by molar-refractivity contribution is -0.143. The molecule has 25 heavy (non-hydrogen) atoms. The molecule has 2 atom stereocenters. The van der Waals surface area contributed by atoms with Gasteiger partial charge in [0.2, 0.25) is 5.91 Å². The second kappa shape index (κ2) is 8.09. The highest BCUT2D eigenvalue weighted by Gasteiger charge is 2.49. The summed E-state index contributed by atoms with van der Waals surface area (Å²) in [7, 11) is -2.64. The summed E-state index contributed by atoms with van der Waals surface area (Å²) in [4.78, 5) is 27.3. The highest BCUT2D eigenvalue weighted by Crippen LogP contribution is 2.57. The number of hydrogen-bond acceptors (Lipinski definition) is 8. The molecule has 0 aromatic carbocycles. The molecule has 1 N–H and O–H groups in total. The third-order valence-corrected chi connectivity index (χ3v) is 4.90.